The lowest BCUT2D eigenvalue weighted by Crippen LogP contribution is -2.14. The molecule has 0 aliphatic rings. The topological polar surface area (TPSA) is 67.8 Å². The Morgan fingerprint density at radius 2 is 2.04 bits per heavy atom. The Balaban J connectivity index is 1.62. The summed E-state index contributed by atoms with van der Waals surface area (Å²) in [5.41, 5.74) is 1.46. The fourth-order valence-electron chi connectivity index (χ4n) is 1.80. The van der Waals surface area contributed by atoms with Crippen LogP contribution in [0.5, 0.6) is 0 Å². The van der Waals surface area contributed by atoms with Crippen molar-refractivity contribution < 1.29 is 4.79 Å². The first-order valence-corrected chi connectivity index (χ1v) is 9.34. The number of hydrogen-bond donors (Lipinski definition) is 1. The summed E-state index contributed by atoms with van der Waals surface area (Å²) in [5.74, 6) is 0.0382. The fraction of sp³-hybridized carbons (Fsp3) is 0.0667. The third-order valence-electron chi connectivity index (χ3n) is 2.83. The summed E-state index contributed by atoms with van der Waals surface area (Å²) < 4.78 is 0. The molecule has 0 saturated carbocycles. The summed E-state index contributed by atoms with van der Waals surface area (Å²) in [7, 11) is 0. The first-order valence-electron chi connectivity index (χ1n) is 6.72. The lowest BCUT2D eigenvalue weighted by atomic mass is 10.2. The highest BCUT2D eigenvalue weighted by Gasteiger charge is 2.11. The Labute approximate surface area is 156 Å². The maximum absolute atomic E-state index is 12.0. The summed E-state index contributed by atoms with van der Waals surface area (Å²) in [6, 6.07) is 6.93. The highest BCUT2D eigenvalue weighted by molar-refractivity contribution is 7.99. The number of halogens is 2. The van der Waals surface area contributed by atoms with Crippen LogP contribution in [-0.2, 0) is 4.79 Å². The number of nitrogens with zero attached hydrogens (tertiary/aromatic N) is 3. The third-order valence-corrected chi connectivity index (χ3v) is 5.01. The molecular weight excluding hydrogens is 387 g/mol. The van der Waals surface area contributed by atoms with Gasteiger partial charge in [0.05, 0.1) is 16.5 Å². The Morgan fingerprint density at radius 3 is 2.79 bits per heavy atom. The lowest BCUT2D eigenvalue weighted by Gasteiger charge is -2.02. The van der Waals surface area contributed by atoms with Gasteiger partial charge in [0.15, 0.2) is 10.3 Å². The lowest BCUT2D eigenvalue weighted by molar-refractivity contribution is -0.113. The number of thioether (sulfide) groups is 1. The van der Waals surface area contributed by atoms with Crippen LogP contribution >= 0.6 is 46.3 Å². The molecule has 1 N–H and O–H groups in total. The van der Waals surface area contributed by atoms with Crippen molar-refractivity contribution in [3.05, 3.63) is 52.1 Å². The van der Waals surface area contributed by atoms with Crippen LogP contribution in [0.25, 0.3) is 11.3 Å². The van der Waals surface area contributed by atoms with Gasteiger partial charge in [-0.15, -0.1) is 11.3 Å². The number of amides is 1. The molecular formula is C15H10Cl2N4OS2. The molecule has 2 aromatic heterocycles. The zero-order chi connectivity index (χ0) is 16.9. The van der Waals surface area contributed by atoms with Crippen LogP contribution in [0.3, 0.4) is 0 Å². The first-order chi connectivity index (χ1) is 11.6. The van der Waals surface area contributed by atoms with Crippen molar-refractivity contribution >= 4 is 57.3 Å². The zero-order valence-electron chi connectivity index (χ0n) is 12.1. The van der Waals surface area contributed by atoms with E-state index in [0.29, 0.717) is 26.0 Å². The number of nitrogens with one attached hydrogen (secondary N) is 1. The molecule has 0 saturated heterocycles. The molecule has 0 spiro atoms. The predicted molar refractivity (Wildman–Crippen MR) is 99.0 cm³/mol. The molecule has 24 heavy (non-hydrogen) atoms. The monoisotopic (exact) mass is 396 g/mol. The fourth-order valence-corrected chi connectivity index (χ4v) is 3.63. The SMILES string of the molecule is O=C(CSc1ncccn1)Nc1nc(-c2ccc(Cl)cc2Cl)cs1. The van der Waals surface area contributed by atoms with Crippen LogP contribution in [0.15, 0.2) is 47.2 Å². The van der Waals surface area contributed by atoms with Crippen LogP contribution < -0.4 is 5.32 Å². The smallest absolute Gasteiger partial charge is 0.236 e. The molecule has 0 radical (unpaired) electrons. The van der Waals surface area contributed by atoms with Gasteiger partial charge in [-0.1, -0.05) is 35.0 Å². The second-order valence-corrected chi connectivity index (χ2v) is 7.17. The summed E-state index contributed by atoms with van der Waals surface area (Å²) in [5, 5.41) is 6.73. The molecule has 0 aliphatic heterocycles. The van der Waals surface area contributed by atoms with Gasteiger partial charge in [-0.05, 0) is 24.3 Å². The molecule has 3 rings (SSSR count). The molecule has 1 aromatic carbocycles. The van der Waals surface area contributed by atoms with Crippen molar-refractivity contribution in [2.45, 2.75) is 5.16 Å². The highest BCUT2D eigenvalue weighted by atomic mass is 35.5. The van der Waals surface area contributed by atoms with Gasteiger partial charge in [-0.3, -0.25) is 4.79 Å². The van der Waals surface area contributed by atoms with Crippen LogP contribution in [0.1, 0.15) is 0 Å². The second kappa shape index (κ2) is 7.94. The van der Waals surface area contributed by atoms with Crippen molar-refractivity contribution in [2.75, 3.05) is 11.1 Å². The molecule has 0 fully saturated rings. The maximum atomic E-state index is 12.0. The minimum atomic E-state index is -0.171. The molecule has 9 heteroatoms. The van der Waals surface area contributed by atoms with Crippen molar-refractivity contribution in [1.82, 2.24) is 15.0 Å². The number of carbonyl (C=O) groups excluding carboxylic acids is 1. The van der Waals surface area contributed by atoms with Crippen molar-refractivity contribution in [3.63, 3.8) is 0 Å². The second-order valence-electron chi connectivity index (χ2n) is 4.53. The average molecular weight is 397 g/mol. The summed E-state index contributed by atoms with van der Waals surface area (Å²) in [6.07, 6.45) is 3.27. The van der Waals surface area contributed by atoms with E-state index in [1.807, 2.05) is 5.38 Å². The summed E-state index contributed by atoms with van der Waals surface area (Å²) in [4.78, 5) is 24.5. The van der Waals surface area contributed by atoms with Gasteiger partial charge >= 0.3 is 0 Å². The molecule has 1 amide bonds. The normalized spacial score (nSPS) is 10.6. The Hall–Kier alpha value is -1.67. The van der Waals surface area contributed by atoms with E-state index < -0.39 is 0 Å². The van der Waals surface area contributed by atoms with E-state index in [9.17, 15) is 4.79 Å². The Bertz CT molecular complexity index is 858. The van der Waals surface area contributed by atoms with Crippen LogP contribution in [0.4, 0.5) is 5.13 Å². The van der Waals surface area contributed by atoms with Crippen LogP contribution in [0.2, 0.25) is 10.0 Å². The Kier molecular flexibility index (Phi) is 5.68. The quantitative estimate of drug-likeness (QED) is 0.502. The minimum absolute atomic E-state index is 0.171. The summed E-state index contributed by atoms with van der Waals surface area (Å²) in [6.45, 7) is 0. The molecule has 3 aromatic rings. The van der Waals surface area contributed by atoms with Gasteiger partial charge in [0.1, 0.15) is 0 Å². The molecule has 5 nitrogen and oxygen atoms in total. The number of hydrogen-bond acceptors (Lipinski definition) is 6. The van der Waals surface area contributed by atoms with E-state index in [4.69, 9.17) is 23.2 Å². The van der Waals surface area contributed by atoms with E-state index in [1.54, 1.807) is 36.7 Å². The number of thiazole rings is 1. The third kappa shape index (κ3) is 4.45. The predicted octanol–water partition coefficient (Wildman–Crippen LogP) is 4.64. The van der Waals surface area contributed by atoms with Gasteiger partial charge in [0.2, 0.25) is 5.91 Å². The molecule has 2 heterocycles. The van der Waals surface area contributed by atoms with E-state index >= 15 is 0 Å². The van der Waals surface area contributed by atoms with Crippen molar-refractivity contribution in [3.8, 4) is 11.3 Å². The minimum Gasteiger partial charge on any atom is -0.301 e. The number of rotatable bonds is 5. The van der Waals surface area contributed by atoms with E-state index in [-0.39, 0.29) is 11.7 Å². The van der Waals surface area contributed by atoms with E-state index in [1.165, 1.54) is 23.1 Å². The van der Waals surface area contributed by atoms with Crippen molar-refractivity contribution in [1.29, 1.82) is 0 Å². The maximum Gasteiger partial charge on any atom is 0.236 e. The first kappa shape index (κ1) is 17.2. The molecule has 122 valence electrons. The highest BCUT2D eigenvalue weighted by Crippen LogP contribution is 2.32. The number of benzene rings is 1. The van der Waals surface area contributed by atoms with Crippen LogP contribution in [0, 0.1) is 0 Å². The van der Waals surface area contributed by atoms with Gasteiger partial charge in [0, 0.05) is 28.4 Å². The van der Waals surface area contributed by atoms with Gasteiger partial charge < -0.3 is 5.32 Å². The largest absolute Gasteiger partial charge is 0.301 e. The summed E-state index contributed by atoms with van der Waals surface area (Å²) >= 11 is 14.7. The standard InChI is InChI=1S/C15H10Cl2N4OS2/c16-9-2-3-10(11(17)6-9)12-7-23-15(20-12)21-13(22)8-24-14-18-4-1-5-19-14/h1-7H,8H2,(H,20,21,22). The van der Waals surface area contributed by atoms with E-state index in [0.717, 1.165) is 5.56 Å². The molecule has 0 unspecified atom stereocenters. The van der Waals surface area contributed by atoms with E-state index in [2.05, 4.69) is 20.3 Å². The number of carbonyl (C=O) groups is 1. The van der Waals surface area contributed by atoms with Gasteiger partial charge in [0.25, 0.3) is 0 Å². The number of anilines is 1. The zero-order valence-corrected chi connectivity index (χ0v) is 15.2. The molecule has 0 atom stereocenters. The molecule has 0 bridgehead atoms. The van der Waals surface area contributed by atoms with Crippen LogP contribution in [-0.4, -0.2) is 26.6 Å². The van der Waals surface area contributed by atoms with Gasteiger partial charge in [-0.2, -0.15) is 0 Å². The number of aromatic nitrogens is 3. The average Bonchev–Trinajstić information content (AvgIpc) is 3.02. The van der Waals surface area contributed by atoms with Crippen molar-refractivity contribution in [2.24, 2.45) is 0 Å². The molecule has 0 aliphatic carbocycles. The van der Waals surface area contributed by atoms with Gasteiger partial charge in [-0.25, -0.2) is 15.0 Å². The Morgan fingerprint density at radius 1 is 1.25 bits per heavy atom.